The van der Waals surface area contributed by atoms with Gasteiger partial charge in [-0.2, -0.15) is 5.26 Å². The van der Waals surface area contributed by atoms with Gasteiger partial charge in [0.05, 0.1) is 0 Å². The second-order valence-electron chi connectivity index (χ2n) is 5.24. The van der Waals surface area contributed by atoms with Gasteiger partial charge in [-0.05, 0) is 37.5 Å². The Morgan fingerprint density at radius 2 is 2.08 bits per heavy atom. The van der Waals surface area contributed by atoms with Crippen LogP contribution in [0.3, 0.4) is 0 Å². The van der Waals surface area contributed by atoms with Crippen LogP contribution in [0.1, 0.15) is 31.2 Å². The van der Waals surface area contributed by atoms with Crippen molar-refractivity contribution in [1.82, 2.24) is 5.32 Å². The van der Waals surface area contributed by atoms with Gasteiger partial charge in [-0.25, -0.2) is 0 Å². The maximum absolute atomic E-state index is 12.1. The first-order valence-electron chi connectivity index (χ1n) is 7.57. The Kier molecular flexibility index (Phi) is 8.37. The smallest absolute Gasteiger partial charge is 0.303 e. The molecular weight excluding hydrogens is 330 g/mol. The minimum atomic E-state index is -0.803. The van der Waals surface area contributed by atoms with E-state index in [0.29, 0.717) is 23.7 Å². The first-order valence-corrected chi connectivity index (χ1v) is 7.94. The lowest BCUT2D eigenvalue weighted by molar-refractivity contribution is -0.137. The molecule has 0 aromatic heterocycles. The Labute approximate surface area is 146 Å². The van der Waals surface area contributed by atoms with E-state index in [0.717, 1.165) is 18.4 Å². The van der Waals surface area contributed by atoms with E-state index in [1.807, 2.05) is 13.0 Å². The third-order valence-electron chi connectivity index (χ3n) is 3.27. The summed E-state index contributed by atoms with van der Waals surface area (Å²) in [6.07, 6.45) is 3.66. The SMILES string of the molecule is Cc1ccc(Cl)cc1NC(=O)/C(C#N)=C\NCCCCCC(=O)O. The van der Waals surface area contributed by atoms with Gasteiger partial charge in [0.1, 0.15) is 11.6 Å². The zero-order valence-corrected chi connectivity index (χ0v) is 14.2. The van der Waals surface area contributed by atoms with Crippen molar-refractivity contribution in [3.05, 3.63) is 40.6 Å². The molecule has 0 unspecified atom stereocenters. The van der Waals surface area contributed by atoms with E-state index in [1.54, 1.807) is 18.2 Å². The number of anilines is 1. The van der Waals surface area contributed by atoms with Crippen LogP contribution in [0.5, 0.6) is 0 Å². The Bertz CT molecular complexity index is 666. The molecule has 0 fully saturated rings. The molecule has 0 spiro atoms. The lowest BCUT2D eigenvalue weighted by Crippen LogP contribution is -2.17. The Hall–Kier alpha value is -2.52. The minimum absolute atomic E-state index is 0.0417. The number of hydrogen-bond donors (Lipinski definition) is 3. The molecule has 0 aliphatic carbocycles. The van der Waals surface area contributed by atoms with Crippen LogP contribution in [-0.2, 0) is 9.59 Å². The third kappa shape index (κ3) is 7.16. The molecule has 3 N–H and O–H groups in total. The highest BCUT2D eigenvalue weighted by Gasteiger charge is 2.10. The summed E-state index contributed by atoms with van der Waals surface area (Å²) in [5.74, 6) is -1.32. The van der Waals surface area contributed by atoms with Gasteiger partial charge in [0.15, 0.2) is 0 Å². The lowest BCUT2D eigenvalue weighted by Gasteiger charge is -2.08. The minimum Gasteiger partial charge on any atom is -0.481 e. The quantitative estimate of drug-likeness (QED) is 0.361. The highest BCUT2D eigenvalue weighted by atomic mass is 35.5. The summed E-state index contributed by atoms with van der Waals surface area (Å²) in [7, 11) is 0. The number of halogens is 1. The average molecular weight is 350 g/mol. The molecule has 1 aromatic rings. The first kappa shape index (κ1) is 19.5. The van der Waals surface area contributed by atoms with Gasteiger partial charge in [-0.15, -0.1) is 0 Å². The molecule has 1 rings (SSSR count). The molecule has 0 atom stereocenters. The van der Waals surface area contributed by atoms with Crippen molar-refractivity contribution in [2.45, 2.75) is 32.6 Å². The van der Waals surface area contributed by atoms with Crippen LogP contribution in [0.2, 0.25) is 5.02 Å². The number of carbonyl (C=O) groups excluding carboxylic acids is 1. The molecule has 0 aliphatic heterocycles. The van der Waals surface area contributed by atoms with Gasteiger partial charge in [0, 0.05) is 29.9 Å². The molecule has 7 heteroatoms. The lowest BCUT2D eigenvalue weighted by atomic mass is 10.2. The van der Waals surface area contributed by atoms with E-state index in [9.17, 15) is 9.59 Å². The van der Waals surface area contributed by atoms with Crippen molar-refractivity contribution < 1.29 is 14.7 Å². The highest BCUT2D eigenvalue weighted by molar-refractivity contribution is 6.31. The summed E-state index contributed by atoms with van der Waals surface area (Å²) in [5.41, 5.74) is 1.36. The van der Waals surface area contributed by atoms with Crippen LogP contribution < -0.4 is 10.6 Å². The molecular formula is C17H20ClN3O3. The average Bonchev–Trinajstić information content (AvgIpc) is 2.53. The largest absolute Gasteiger partial charge is 0.481 e. The monoisotopic (exact) mass is 349 g/mol. The summed E-state index contributed by atoms with van der Waals surface area (Å²) in [6.45, 7) is 2.39. The first-order chi connectivity index (χ1) is 11.4. The van der Waals surface area contributed by atoms with Gasteiger partial charge < -0.3 is 15.7 Å². The molecule has 0 saturated carbocycles. The molecule has 0 saturated heterocycles. The van der Waals surface area contributed by atoms with Crippen molar-refractivity contribution in [3.8, 4) is 6.07 Å². The second-order valence-corrected chi connectivity index (χ2v) is 5.68. The zero-order chi connectivity index (χ0) is 17.9. The number of aryl methyl sites for hydroxylation is 1. The molecule has 0 heterocycles. The number of carboxylic acid groups (broad SMARTS) is 1. The maximum atomic E-state index is 12.1. The number of carbonyl (C=O) groups is 2. The normalized spacial score (nSPS) is 10.8. The molecule has 0 aliphatic rings. The summed E-state index contributed by atoms with van der Waals surface area (Å²) in [5, 5.41) is 23.7. The third-order valence-corrected chi connectivity index (χ3v) is 3.51. The molecule has 0 bridgehead atoms. The zero-order valence-electron chi connectivity index (χ0n) is 13.4. The van der Waals surface area contributed by atoms with Crippen LogP contribution in [0.25, 0.3) is 0 Å². The second kappa shape index (κ2) is 10.3. The molecule has 128 valence electrons. The number of aliphatic carboxylic acids is 1. The summed E-state index contributed by atoms with van der Waals surface area (Å²) in [4.78, 5) is 22.5. The number of carboxylic acids is 1. The Morgan fingerprint density at radius 1 is 1.33 bits per heavy atom. The number of unbranched alkanes of at least 4 members (excludes halogenated alkanes) is 2. The number of hydrogen-bond acceptors (Lipinski definition) is 4. The molecule has 24 heavy (non-hydrogen) atoms. The molecule has 6 nitrogen and oxygen atoms in total. The fraction of sp³-hybridized carbons (Fsp3) is 0.353. The van der Waals surface area contributed by atoms with Gasteiger partial charge in [0.2, 0.25) is 0 Å². The van der Waals surface area contributed by atoms with Crippen LogP contribution in [0.4, 0.5) is 5.69 Å². The number of nitrogens with one attached hydrogen (secondary N) is 2. The van der Waals surface area contributed by atoms with E-state index >= 15 is 0 Å². The summed E-state index contributed by atoms with van der Waals surface area (Å²) < 4.78 is 0. The van der Waals surface area contributed by atoms with Crippen molar-refractivity contribution >= 4 is 29.2 Å². The molecule has 0 radical (unpaired) electrons. The number of amides is 1. The number of nitrogens with zero attached hydrogens (tertiary/aromatic N) is 1. The number of benzene rings is 1. The van der Waals surface area contributed by atoms with Crippen molar-refractivity contribution in [3.63, 3.8) is 0 Å². The van der Waals surface area contributed by atoms with E-state index in [1.165, 1.54) is 6.20 Å². The Balaban J connectivity index is 2.47. The Morgan fingerprint density at radius 3 is 2.75 bits per heavy atom. The van der Waals surface area contributed by atoms with Crippen molar-refractivity contribution in [2.24, 2.45) is 0 Å². The van der Waals surface area contributed by atoms with Gasteiger partial charge >= 0.3 is 5.97 Å². The van der Waals surface area contributed by atoms with E-state index in [2.05, 4.69) is 10.6 Å². The fourth-order valence-electron chi connectivity index (χ4n) is 1.92. The summed E-state index contributed by atoms with van der Waals surface area (Å²) >= 11 is 5.90. The fourth-order valence-corrected chi connectivity index (χ4v) is 2.09. The highest BCUT2D eigenvalue weighted by Crippen LogP contribution is 2.20. The maximum Gasteiger partial charge on any atom is 0.303 e. The standard InChI is InChI=1S/C17H20ClN3O3/c1-12-6-7-14(18)9-15(12)21-17(24)13(10-19)11-20-8-4-2-3-5-16(22)23/h6-7,9,11,20H,2-5,8H2,1H3,(H,21,24)(H,22,23)/b13-11-. The predicted octanol–water partition coefficient (Wildman–Crippen LogP) is 3.23. The molecule has 1 aromatic carbocycles. The van der Waals surface area contributed by atoms with Gasteiger partial charge in [-0.1, -0.05) is 24.1 Å². The van der Waals surface area contributed by atoms with E-state index in [4.69, 9.17) is 22.0 Å². The van der Waals surface area contributed by atoms with Crippen molar-refractivity contribution in [2.75, 3.05) is 11.9 Å². The molecule has 1 amide bonds. The summed E-state index contributed by atoms with van der Waals surface area (Å²) in [6, 6.07) is 6.98. The van der Waals surface area contributed by atoms with Gasteiger partial charge in [0.25, 0.3) is 5.91 Å². The topological polar surface area (TPSA) is 102 Å². The van der Waals surface area contributed by atoms with Crippen LogP contribution in [0, 0.1) is 18.3 Å². The number of rotatable bonds is 9. The number of nitriles is 1. The van der Waals surface area contributed by atoms with Crippen LogP contribution in [0.15, 0.2) is 30.0 Å². The van der Waals surface area contributed by atoms with E-state index < -0.39 is 11.9 Å². The van der Waals surface area contributed by atoms with E-state index in [-0.39, 0.29) is 12.0 Å². The van der Waals surface area contributed by atoms with Gasteiger partial charge in [-0.3, -0.25) is 9.59 Å². The predicted molar refractivity (Wildman–Crippen MR) is 92.6 cm³/mol. The van der Waals surface area contributed by atoms with Crippen molar-refractivity contribution in [1.29, 1.82) is 5.26 Å². The van der Waals surface area contributed by atoms with Crippen LogP contribution >= 0.6 is 11.6 Å². The van der Waals surface area contributed by atoms with Crippen LogP contribution in [-0.4, -0.2) is 23.5 Å².